The number of nitrogens with one attached hydrogen (secondary N) is 1. The molecule has 136 valence electrons. The van der Waals surface area contributed by atoms with Crippen molar-refractivity contribution in [3.8, 4) is 5.75 Å². The zero-order valence-electron chi connectivity index (χ0n) is 14.9. The number of halogens is 1. The van der Waals surface area contributed by atoms with Gasteiger partial charge in [0.05, 0.1) is 12.1 Å². The van der Waals surface area contributed by atoms with E-state index < -0.39 is 0 Å². The number of hydrogen-bond acceptors (Lipinski definition) is 2. The van der Waals surface area contributed by atoms with E-state index in [0.29, 0.717) is 30.0 Å². The number of fused-ring (bicyclic) bond motifs is 1. The van der Waals surface area contributed by atoms with Crippen LogP contribution in [0.2, 0.25) is 0 Å². The second-order valence-electron chi connectivity index (χ2n) is 6.52. The number of hydrogen-bond donors (Lipinski definition) is 1. The summed E-state index contributed by atoms with van der Waals surface area (Å²) in [5, 5.41) is 0. The minimum absolute atomic E-state index is 0.220. The fourth-order valence-corrected chi connectivity index (χ4v) is 3.15. The van der Waals surface area contributed by atoms with Gasteiger partial charge in [-0.3, -0.25) is 4.57 Å². The Bertz CT molecular complexity index is 1150. The van der Waals surface area contributed by atoms with E-state index in [4.69, 9.17) is 4.74 Å². The zero-order valence-corrected chi connectivity index (χ0v) is 14.9. The van der Waals surface area contributed by atoms with Gasteiger partial charge in [0.1, 0.15) is 23.7 Å². The van der Waals surface area contributed by atoms with Crippen LogP contribution in [-0.4, -0.2) is 9.55 Å². The van der Waals surface area contributed by atoms with Crippen LogP contribution in [0.5, 0.6) is 5.75 Å². The van der Waals surface area contributed by atoms with Gasteiger partial charge >= 0.3 is 5.69 Å². The predicted octanol–water partition coefficient (Wildman–Crippen LogP) is 4.40. The van der Waals surface area contributed by atoms with Crippen LogP contribution in [0.1, 0.15) is 16.7 Å². The molecule has 0 unspecified atom stereocenters. The quantitative estimate of drug-likeness (QED) is 0.572. The molecular weight excluding hydrogens is 343 g/mol. The summed E-state index contributed by atoms with van der Waals surface area (Å²) in [4.78, 5) is 15.4. The molecule has 0 aliphatic heterocycles. The molecule has 3 aromatic carbocycles. The fraction of sp³-hybridized carbons (Fsp3) is 0.136. The van der Waals surface area contributed by atoms with Crippen LogP contribution in [0.25, 0.3) is 11.0 Å². The molecule has 0 atom stereocenters. The highest BCUT2D eigenvalue weighted by molar-refractivity contribution is 5.82. The van der Waals surface area contributed by atoms with Crippen molar-refractivity contribution >= 4 is 11.0 Å². The molecule has 0 amide bonds. The van der Waals surface area contributed by atoms with Gasteiger partial charge in [0.15, 0.2) is 0 Å². The Balaban J connectivity index is 1.66. The second kappa shape index (κ2) is 7.11. The van der Waals surface area contributed by atoms with E-state index in [1.165, 1.54) is 6.07 Å². The van der Waals surface area contributed by atoms with Gasteiger partial charge in [-0.25, -0.2) is 9.18 Å². The molecule has 0 fully saturated rings. The molecular formula is C22H19FN2O2. The molecule has 0 aliphatic rings. The molecule has 4 aromatic rings. The van der Waals surface area contributed by atoms with Crippen molar-refractivity contribution in [1.82, 2.24) is 9.55 Å². The summed E-state index contributed by atoms with van der Waals surface area (Å²) in [6, 6.07) is 20.3. The number of ether oxygens (including phenoxy) is 1. The third-order valence-electron chi connectivity index (χ3n) is 4.57. The number of para-hydroxylation sites is 1. The Morgan fingerprint density at radius 1 is 1.00 bits per heavy atom. The number of imidazole rings is 1. The molecule has 0 bridgehead atoms. The molecule has 0 saturated carbocycles. The SMILES string of the molecule is Cc1cc(Cn2c(=O)[nH]c3c(OCc4ccccc4)cccc32)ccc1F. The normalized spacial score (nSPS) is 11.0. The lowest BCUT2D eigenvalue weighted by Gasteiger charge is -2.08. The lowest BCUT2D eigenvalue weighted by Crippen LogP contribution is -2.17. The highest BCUT2D eigenvalue weighted by Crippen LogP contribution is 2.24. The van der Waals surface area contributed by atoms with E-state index in [-0.39, 0.29) is 11.5 Å². The number of H-pyrrole nitrogens is 1. The summed E-state index contributed by atoms with van der Waals surface area (Å²) in [6.07, 6.45) is 0. The van der Waals surface area contributed by atoms with Crippen LogP contribution in [0.15, 0.2) is 71.5 Å². The first-order chi connectivity index (χ1) is 13.1. The maximum atomic E-state index is 13.5. The van der Waals surface area contributed by atoms with Crippen LogP contribution in [0.4, 0.5) is 4.39 Å². The van der Waals surface area contributed by atoms with Crippen molar-refractivity contribution in [2.24, 2.45) is 0 Å². The summed E-state index contributed by atoms with van der Waals surface area (Å²) in [6.45, 7) is 2.50. The summed E-state index contributed by atoms with van der Waals surface area (Å²) in [7, 11) is 0. The molecule has 4 rings (SSSR count). The van der Waals surface area contributed by atoms with Gasteiger partial charge in [-0.2, -0.15) is 0 Å². The summed E-state index contributed by atoms with van der Waals surface area (Å²) < 4.78 is 21.1. The number of aryl methyl sites for hydroxylation is 1. The third kappa shape index (κ3) is 3.49. The average Bonchev–Trinajstić information content (AvgIpc) is 3.00. The van der Waals surface area contributed by atoms with E-state index in [9.17, 15) is 9.18 Å². The van der Waals surface area contributed by atoms with Gasteiger partial charge in [0.2, 0.25) is 0 Å². The Hall–Kier alpha value is -3.34. The number of benzene rings is 3. The lowest BCUT2D eigenvalue weighted by atomic mass is 10.1. The number of nitrogens with zero attached hydrogens (tertiary/aromatic N) is 1. The smallest absolute Gasteiger partial charge is 0.326 e. The topological polar surface area (TPSA) is 47.0 Å². The summed E-state index contributed by atoms with van der Waals surface area (Å²) in [5.74, 6) is 0.379. The molecule has 5 heteroatoms. The van der Waals surface area contributed by atoms with Crippen LogP contribution in [-0.2, 0) is 13.2 Å². The van der Waals surface area contributed by atoms with Gasteiger partial charge < -0.3 is 9.72 Å². The summed E-state index contributed by atoms with van der Waals surface area (Å²) in [5.41, 5.74) is 3.69. The number of aromatic nitrogens is 2. The molecule has 4 nitrogen and oxygen atoms in total. The van der Waals surface area contributed by atoms with Crippen LogP contribution in [0, 0.1) is 12.7 Å². The standard InChI is InChI=1S/C22H19FN2O2/c1-15-12-17(10-11-18(15)23)13-25-19-8-5-9-20(21(19)24-22(25)26)27-14-16-6-3-2-4-7-16/h2-12H,13-14H2,1H3,(H,24,26). The van der Waals surface area contributed by atoms with Gasteiger partial charge in [0.25, 0.3) is 0 Å². The zero-order chi connectivity index (χ0) is 18.8. The van der Waals surface area contributed by atoms with Gasteiger partial charge in [-0.05, 0) is 41.8 Å². The predicted molar refractivity (Wildman–Crippen MR) is 104 cm³/mol. The van der Waals surface area contributed by atoms with Crippen molar-refractivity contribution in [2.45, 2.75) is 20.1 Å². The van der Waals surface area contributed by atoms with Gasteiger partial charge in [-0.15, -0.1) is 0 Å². The van der Waals surface area contributed by atoms with E-state index in [0.717, 1.165) is 16.6 Å². The maximum absolute atomic E-state index is 13.5. The van der Waals surface area contributed by atoms with E-state index >= 15 is 0 Å². The fourth-order valence-electron chi connectivity index (χ4n) is 3.15. The van der Waals surface area contributed by atoms with Crippen LogP contribution < -0.4 is 10.4 Å². The van der Waals surface area contributed by atoms with Crippen molar-refractivity contribution in [3.63, 3.8) is 0 Å². The molecule has 0 radical (unpaired) electrons. The van der Waals surface area contributed by atoms with Gasteiger partial charge in [-0.1, -0.05) is 48.5 Å². The van der Waals surface area contributed by atoms with Crippen molar-refractivity contribution in [2.75, 3.05) is 0 Å². The highest BCUT2D eigenvalue weighted by Gasteiger charge is 2.12. The minimum atomic E-state index is -0.248. The molecule has 1 N–H and O–H groups in total. The van der Waals surface area contributed by atoms with Crippen molar-refractivity contribution in [1.29, 1.82) is 0 Å². The molecule has 0 aliphatic carbocycles. The Labute approximate surface area is 155 Å². The highest BCUT2D eigenvalue weighted by atomic mass is 19.1. The molecule has 0 saturated heterocycles. The Kier molecular flexibility index (Phi) is 4.50. The molecule has 1 heterocycles. The largest absolute Gasteiger partial charge is 0.487 e. The third-order valence-corrected chi connectivity index (χ3v) is 4.57. The van der Waals surface area contributed by atoms with Crippen molar-refractivity contribution < 1.29 is 9.13 Å². The Morgan fingerprint density at radius 3 is 2.59 bits per heavy atom. The number of aromatic amines is 1. The first-order valence-electron chi connectivity index (χ1n) is 8.75. The lowest BCUT2D eigenvalue weighted by molar-refractivity contribution is 0.309. The molecule has 27 heavy (non-hydrogen) atoms. The first-order valence-corrected chi connectivity index (χ1v) is 8.75. The van der Waals surface area contributed by atoms with E-state index in [1.807, 2.05) is 48.5 Å². The second-order valence-corrected chi connectivity index (χ2v) is 6.52. The van der Waals surface area contributed by atoms with Crippen LogP contribution >= 0.6 is 0 Å². The Morgan fingerprint density at radius 2 is 1.81 bits per heavy atom. The van der Waals surface area contributed by atoms with E-state index in [1.54, 1.807) is 23.6 Å². The minimum Gasteiger partial charge on any atom is -0.487 e. The first kappa shape index (κ1) is 17.1. The number of rotatable bonds is 5. The van der Waals surface area contributed by atoms with Gasteiger partial charge in [0, 0.05) is 0 Å². The average molecular weight is 362 g/mol. The van der Waals surface area contributed by atoms with E-state index in [2.05, 4.69) is 4.98 Å². The maximum Gasteiger partial charge on any atom is 0.326 e. The summed E-state index contributed by atoms with van der Waals surface area (Å²) >= 11 is 0. The molecule has 0 spiro atoms. The van der Waals surface area contributed by atoms with Crippen molar-refractivity contribution in [3.05, 3.63) is 99.7 Å². The van der Waals surface area contributed by atoms with Crippen LogP contribution in [0.3, 0.4) is 0 Å². The molecule has 1 aromatic heterocycles. The monoisotopic (exact) mass is 362 g/mol.